The molecule has 0 amide bonds. The molecule has 0 aromatic carbocycles. The molecule has 6 nitrogen and oxygen atoms in total. The number of aryl methyl sites for hydroxylation is 1. The number of pyridine rings is 1. The molecule has 8 heteroatoms. The third-order valence-electron chi connectivity index (χ3n) is 1.91. The molecule has 0 saturated carbocycles. The van der Waals surface area contributed by atoms with Crippen molar-refractivity contribution in [3.8, 4) is 0 Å². The number of carboxylic acids is 1. The molecule has 0 bridgehead atoms. The molecule has 16 heavy (non-hydrogen) atoms. The lowest BCUT2D eigenvalue weighted by Gasteiger charge is -2.06. The van der Waals surface area contributed by atoms with Crippen molar-refractivity contribution in [3.63, 3.8) is 0 Å². The summed E-state index contributed by atoms with van der Waals surface area (Å²) >= 11 is 0. The Bertz CT molecular complexity index is 462. The number of carbonyl (C=O) groups is 1. The van der Waals surface area contributed by atoms with Crippen molar-refractivity contribution >= 4 is 11.7 Å². The highest BCUT2D eigenvalue weighted by atomic mass is 19.3. The van der Waals surface area contributed by atoms with Gasteiger partial charge in [-0.3, -0.25) is 15.1 Å². The summed E-state index contributed by atoms with van der Waals surface area (Å²) in [6.45, 7) is 1.16. The van der Waals surface area contributed by atoms with E-state index in [-0.39, 0.29) is 5.69 Å². The summed E-state index contributed by atoms with van der Waals surface area (Å²) in [5, 5.41) is 19.2. The molecular weight excluding hydrogens is 226 g/mol. The standard InChI is InChI=1S/C8H6F2N2O4/c1-3-6(12(15)16)5(7(9)10)4(2-11-3)8(13)14/h2,7H,1H3,(H,13,14). The first-order valence-electron chi connectivity index (χ1n) is 4.01. The molecule has 0 aliphatic carbocycles. The second kappa shape index (κ2) is 4.17. The highest BCUT2D eigenvalue weighted by Gasteiger charge is 2.31. The monoisotopic (exact) mass is 232 g/mol. The van der Waals surface area contributed by atoms with Crippen LogP contribution in [-0.2, 0) is 0 Å². The zero-order valence-corrected chi connectivity index (χ0v) is 7.98. The van der Waals surface area contributed by atoms with E-state index < -0.39 is 34.1 Å². The number of carboxylic acid groups (broad SMARTS) is 1. The number of nitrogens with zero attached hydrogens (tertiary/aromatic N) is 2. The summed E-state index contributed by atoms with van der Waals surface area (Å²) in [5.74, 6) is -1.68. The number of halogens is 2. The van der Waals surface area contributed by atoms with Gasteiger partial charge in [-0.25, -0.2) is 13.6 Å². The molecule has 1 heterocycles. The van der Waals surface area contributed by atoms with Crippen LogP contribution in [0.5, 0.6) is 0 Å². The second-order valence-electron chi connectivity index (χ2n) is 2.88. The number of aromatic carboxylic acids is 1. The number of hydrogen-bond donors (Lipinski definition) is 1. The predicted molar refractivity (Wildman–Crippen MR) is 47.5 cm³/mol. The molecule has 0 fully saturated rings. The van der Waals surface area contributed by atoms with Crippen LogP contribution in [-0.4, -0.2) is 21.0 Å². The van der Waals surface area contributed by atoms with E-state index in [2.05, 4.69) is 4.98 Å². The Labute approximate surface area is 87.7 Å². The van der Waals surface area contributed by atoms with Crippen molar-refractivity contribution in [3.05, 3.63) is 33.1 Å². The molecule has 86 valence electrons. The molecule has 0 unspecified atom stereocenters. The van der Waals surface area contributed by atoms with Gasteiger partial charge in [-0.15, -0.1) is 0 Å². The lowest BCUT2D eigenvalue weighted by molar-refractivity contribution is -0.387. The minimum Gasteiger partial charge on any atom is -0.478 e. The first-order chi connectivity index (χ1) is 7.36. The van der Waals surface area contributed by atoms with Crippen LogP contribution in [0.2, 0.25) is 0 Å². The largest absolute Gasteiger partial charge is 0.478 e. The Kier molecular flexibility index (Phi) is 3.11. The minimum absolute atomic E-state index is 0.245. The molecule has 0 aliphatic rings. The lowest BCUT2D eigenvalue weighted by atomic mass is 10.1. The summed E-state index contributed by atoms with van der Waals surface area (Å²) in [5.41, 5.74) is -3.16. The van der Waals surface area contributed by atoms with Gasteiger partial charge < -0.3 is 5.11 Å². The van der Waals surface area contributed by atoms with E-state index in [1.807, 2.05) is 0 Å². The van der Waals surface area contributed by atoms with Gasteiger partial charge in [0.2, 0.25) is 0 Å². The van der Waals surface area contributed by atoms with E-state index in [1.54, 1.807) is 0 Å². The number of hydrogen-bond acceptors (Lipinski definition) is 4. The highest BCUT2D eigenvalue weighted by molar-refractivity contribution is 5.90. The third kappa shape index (κ3) is 1.95. The van der Waals surface area contributed by atoms with Crippen molar-refractivity contribution < 1.29 is 23.6 Å². The maximum Gasteiger partial charge on any atom is 0.338 e. The van der Waals surface area contributed by atoms with Gasteiger partial charge >= 0.3 is 5.97 Å². The Morgan fingerprint density at radius 1 is 1.62 bits per heavy atom. The van der Waals surface area contributed by atoms with Crippen LogP contribution in [0.25, 0.3) is 0 Å². The van der Waals surface area contributed by atoms with Crippen molar-refractivity contribution in [2.75, 3.05) is 0 Å². The number of alkyl halides is 2. The van der Waals surface area contributed by atoms with Crippen LogP contribution in [0.15, 0.2) is 6.20 Å². The van der Waals surface area contributed by atoms with Crippen molar-refractivity contribution in [2.45, 2.75) is 13.3 Å². The van der Waals surface area contributed by atoms with Gasteiger partial charge in [-0.2, -0.15) is 0 Å². The van der Waals surface area contributed by atoms with Crippen LogP contribution in [0.1, 0.15) is 28.0 Å². The third-order valence-corrected chi connectivity index (χ3v) is 1.91. The number of rotatable bonds is 3. The first kappa shape index (κ1) is 12.0. The van der Waals surface area contributed by atoms with Gasteiger partial charge in [0, 0.05) is 6.20 Å². The first-order valence-corrected chi connectivity index (χ1v) is 4.01. The summed E-state index contributed by atoms with van der Waals surface area (Å²) in [7, 11) is 0. The number of aromatic nitrogens is 1. The average Bonchev–Trinajstić information content (AvgIpc) is 2.15. The molecule has 1 aromatic rings. The smallest absolute Gasteiger partial charge is 0.338 e. The zero-order chi connectivity index (χ0) is 12.5. The second-order valence-corrected chi connectivity index (χ2v) is 2.88. The van der Waals surface area contributed by atoms with Crippen molar-refractivity contribution in [1.29, 1.82) is 0 Å². The van der Waals surface area contributed by atoms with Crippen LogP contribution in [0.4, 0.5) is 14.5 Å². The SMILES string of the molecule is Cc1ncc(C(=O)O)c(C(F)F)c1[N+](=O)[O-]. The topological polar surface area (TPSA) is 93.3 Å². The van der Waals surface area contributed by atoms with Crippen LogP contribution >= 0.6 is 0 Å². The van der Waals surface area contributed by atoms with E-state index >= 15 is 0 Å². The van der Waals surface area contributed by atoms with Gasteiger partial charge in [0.1, 0.15) is 11.3 Å². The fourth-order valence-corrected chi connectivity index (χ4v) is 1.24. The summed E-state index contributed by atoms with van der Waals surface area (Å²) in [4.78, 5) is 23.5. The maximum absolute atomic E-state index is 12.6. The number of nitro groups is 1. The highest BCUT2D eigenvalue weighted by Crippen LogP contribution is 2.33. The van der Waals surface area contributed by atoms with Crippen molar-refractivity contribution in [1.82, 2.24) is 4.98 Å². The fourth-order valence-electron chi connectivity index (χ4n) is 1.24. The van der Waals surface area contributed by atoms with E-state index in [0.717, 1.165) is 6.92 Å². The molecule has 1 N–H and O–H groups in total. The predicted octanol–water partition coefficient (Wildman–Crippen LogP) is 1.93. The zero-order valence-electron chi connectivity index (χ0n) is 7.98. The van der Waals surface area contributed by atoms with Gasteiger partial charge in [0.05, 0.1) is 10.5 Å². The normalized spacial score (nSPS) is 10.5. The Morgan fingerprint density at radius 2 is 2.19 bits per heavy atom. The van der Waals surface area contributed by atoms with Gasteiger partial charge in [-0.05, 0) is 6.92 Å². The quantitative estimate of drug-likeness (QED) is 0.634. The molecule has 0 saturated heterocycles. The van der Waals surface area contributed by atoms with Crippen LogP contribution < -0.4 is 0 Å². The maximum atomic E-state index is 12.6. The summed E-state index contributed by atoms with van der Waals surface area (Å²) in [6, 6.07) is 0. The van der Waals surface area contributed by atoms with Gasteiger partial charge in [0.25, 0.3) is 12.1 Å². The lowest BCUT2D eigenvalue weighted by Crippen LogP contribution is -2.09. The summed E-state index contributed by atoms with van der Waals surface area (Å²) < 4.78 is 25.2. The van der Waals surface area contributed by atoms with Crippen LogP contribution in [0, 0.1) is 17.0 Å². The Hall–Kier alpha value is -2.12. The molecule has 0 atom stereocenters. The Morgan fingerprint density at radius 3 is 2.56 bits per heavy atom. The fraction of sp³-hybridized carbons (Fsp3) is 0.250. The molecule has 0 spiro atoms. The Balaban J connectivity index is 3.63. The molecule has 0 aliphatic heterocycles. The minimum atomic E-state index is -3.24. The molecule has 1 rings (SSSR count). The molecular formula is C8H6F2N2O4. The molecule has 0 radical (unpaired) electrons. The van der Waals surface area contributed by atoms with E-state index in [0.29, 0.717) is 6.20 Å². The summed E-state index contributed by atoms with van der Waals surface area (Å²) in [6.07, 6.45) is -2.56. The van der Waals surface area contributed by atoms with E-state index in [1.165, 1.54) is 0 Å². The average molecular weight is 232 g/mol. The van der Waals surface area contributed by atoms with Gasteiger partial charge in [0.15, 0.2) is 0 Å². The van der Waals surface area contributed by atoms with Crippen LogP contribution in [0.3, 0.4) is 0 Å². The van der Waals surface area contributed by atoms with E-state index in [9.17, 15) is 23.7 Å². The van der Waals surface area contributed by atoms with Crippen molar-refractivity contribution in [2.24, 2.45) is 0 Å². The van der Waals surface area contributed by atoms with E-state index in [4.69, 9.17) is 5.11 Å². The molecule has 1 aromatic heterocycles. The van der Waals surface area contributed by atoms with Gasteiger partial charge in [-0.1, -0.05) is 0 Å².